The Morgan fingerprint density at radius 2 is 2.04 bits per heavy atom. The van der Waals surface area contributed by atoms with Gasteiger partial charge in [-0.1, -0.05) is 0 Å². The number of morpholine rings is 1. The van der Waals surface area contributed by atoms with Gasteiger partial charge < -0.3 is 9.64 Å². The third kappa shape index (κ3) is 3.14. The van der Waals surface area contributed by atoms with Gasteiger partial charge in [0.15, 0.2) is 0 Å². The van der Waals surface area contributed by atoms with Crippen LogP contribution >= 0.6 is 0 Å². The van der Waals surface area contributed by atoms with E-state index in [-0.39, 0.29) is 0 Å². The van der Waals surface area contributed by atoms with Crippen LogP contribution < -0.4 is 4.90 Å². The maximum Gasteiger partial charge on any atom is 0.132 e. The molecule has 7 nitrogen and oxygen atoms in total. The minimum atomic E-state index is 0.381. The van der Waals surface area contributed by atoms with Crippen LogP contribution in [0.3, 0.4) is 0 Å². The first-order valence-electron chi connectivity index (χ1n) is 8.59. The lowest BCUT2D eigenvalue weighted by Crippen LogP contribution is -2.41. The average Bonchev–Trinajstić information content (AvgIpc) is 2.97. The SMILES string of the molecule is Cc1nc(C2CCN2Cc2cnn(C)c2)cc(N2CCOCC2)n1. The summed E-state index contributed by atoms with van der Waals surface area (Å²) in [5, 5.41) is 4.26. The van der Waals surface area contributed by atoms with E-state index in [9.17, 15) is 0 Å². The summed E-state index contributed by atoms with van der Waals surface area (Å²) in [6.45, 7) is 7.37. The highest BCUT2D eigenvalue weighted by molar-refractivity contribution is 5.41. The molecule has 4 rings (SSSR count). The van der Waals surface area contributed by atoms with Crippen LogP contribution in [0.25, 0.3) is 0 Å². The van der Waals surface area contributed by atoms with Crippen LogP contribution in [0.1, 0.15) is 29.5 Å². The van der Waals surface area contributed by atoms with Crippen molar-refractivity contribution in [3.8, 4) is 0 Å². The van der Waals surface area contributed by atoms with Gasteiger partial charge in [-0.3, -0.25) is 9.58 Å². The Labute approximate surface area is 142 Å². The van der Waals surface area contributed by atoms with Crippen molar-refractivity contribution in [3.05, 3.63) is 35.5 Å². The molecule has 2 fully saturated rings. The van der Waals surface area contributed by atoms with Crippen molar-refractivity contribution in [1.82, 2.24) is 24.6 Å². The van der Waals surface area contributed by atoms with Crippen molar-refractivity contribution in [2.24, 2.45) is 7.05 Å². The fourth-order valence-electron chi connectivity index (χ4n) is 3.45. The first-order valence-corrected chi connectivity index (χ1v) is 8.59. The lowest BCUT2D eigenvalue weighted by Gasteiger charge is -2.40. The quantitative estimate of drug-likeness (QED) is 0.843. The highest BCUT2D eigenvalue weighted by Gasteiger charge is 2.31. The van der Waals surface area contributed by atoms with Gasteiger partial charge in [-0.05, 0) is 13.3 Å². The molecule has 0 spiro atoms. The molecule has 128 valence electrons. The number of aryl methyl sites for hydroxylation is 2. The van der Waals surface area contributed by atoms with E-state index in [4.69, 9.17) is 9.72 Å². The van der Waals surface area contributed by atoms with Crippen LogP contribution in [0.2, 0.25) is 0 Å². The Balaban J connectivity index is 1.51. The molecule has 0 saturated carbocycles. The van der Waals surface area contributed by atoms with Crippen molar-refractivity contribution in [1.29, 1.82) is 0 Å². The van der Waals surface area contributed by atoms with Gasteiger partial charge in [-0.2, -0.15) is 5.10 Å². The molecule has 1 unspecified atom stereocenters. The van der Waals surface area contributed by atoms with Gasteiger partial charge in [0.1, 0.15) is 11.6 Å². The monoisotopic (exact) mass is 328 g/mol. The molecule has 0 N–H and O–H groups in total. The van der Waals surface area contributed by atoms with Gasteiger partial charge in [0.05, 0.1) is 31.1 Å². The zero-order valence-electron chi connectivity index (χ0n) is 14.4. The molecule has 2 aliphatic heterocycles. The molecule has 24 heavy (non-hydrogen) atoms. The second kappa shape index (κ2) is 6.49. The summed E-state index contributed by atoms with van der Waals surface area (Å²) in [6.07, 6.45) is 5.18. The minimum Gasteiger partial charge on any atom is -0.378 e. The Hall–Kier alpha value is -1.99. The van der Waals surface area contributed by atoms with Crippen molar-refractivity contribution in [3.63, 3.8) is 0 Å². The molecule has 1 atom stereocenters. The summed E-state index contributed by atoms with van der Waals surface area (Å²) in [5.41, 5.74) is 2.39. The number of hydrogen-bond donors (Lipinski definition) is 0. The third-order valence-electron chi connectivity index (χ3n) is 4.80. The topological polar surface area (TPSA) is 59.3 Å². The van der Waals surface area contributed by atoms with Crippen molar-refractivity contribution >= 4 is 5.82 Å². The summed E-state index contributed by atoms with van der Waals surface area (Å²) in [6, 6.07) is 2.55. The number of rotatable bonds is 4. The number of ether oxygens (including phenoxy) is 1. The maximum atomic E-state index is 5.45. The van der Waals surface area contributed by atoms with Crippen molar-refractivity contribution < 1.29 is 4.74 Å². The van der Waals surface area contributed by atoms with Gasteiger partial charge in [-0.25, -0.2) is 9.97 Å². The molecule has 0 amide bonds. The van der Waals surface area contributed by atoms with E-state index < -0.39 is 0 Å². The van der Waals surface area contributed by atoms with Crippen LogP contribution in [0.5, 0.6) is 0 Å². The lowest BCUT2D eigenvalue weighted by molar-refractivity contribution is 0.0784. The van der Waals surface area contributed by atoms with Gasteiger partial charge in [0.25, 0.3) is 0 Å². The fourth-order valence-corrected chi connectivity index (χ4v) is 3.45. The minimum absolute atomic E-state index is 0.381. The normalized spacial score (nSPS) is 21.8. The van der Waals surface area contributed by atoms with E-state index in [1.165, 1.54) is 5.56 Å². The smallest absolute Gasteiger partial charge is 0.132 e. The molecule has 2 aromatic heterocycles. The summed E-state index contributed by atoms with van der Waals surface area (Å²) in [4.78, 5) is 14.1. The molecule has 2 aromatic rings. The third-order valence-corrected chi connectivity index (χ3v) is 4.80. The van der Waals surface area contributed by atoms with Crippen LogP contribution in [-0.2, 0) is 18.3 Å². The zero-order valence-corrected chi connectivity index (χ0v) is 14.4. The number of aromatic nitrogens is 4. The molecule has 0 radical (unpaired) electrons. The van der Waals surface area contributed by atoms with E-state index in [1.54, 1.807) is 0 Å². The van der Waals surface area contributed by atoms with Crippen LogP contribution in [0.15, 0.2) is 18.5 Å². The molecule has 7 heteroatoms. The second-order valence-electron chi connectivity index (χ2n) is 6.59. The van der Waals surface area contributed by atoms with Crippen LogP contribution in [0.4, 0.5) is 5.82 Å². The van der Waals surface area contributed by atoms with Crippen molar-refractivity contribution in [2.45, 2.75) is 25.9 Å². The van der Waals surface area contributed by atoms with Gasteiger partial charge in [0, 0.05) is 51.1 Å². The summed E-state index contributed by atoms with van der Waals surface area (Å²) < 4.78 is 7.30. The van der Waals surface area contributed by atoms with E-state index in [0.717, 1.165) is 63.1 Å². The molecule has 0 aromatic carbocycles. The van der Waals surface area contributed by atoms with E-state index in [0.29, 0.717) is 6.04 Å². The molecular formula is C17H24N6O. The van der Waals surface area contributed by atoms with Crippen LogP contribution in [-0.4, -0.2) is 57.5 Å². The molecule has 0 aliphatic carbocycles. The first kappa shape index (κ1) is 15.5. The predicted octanol–water partition coefficient (Wildman–Crippen LogP) is 1.30. The second-order valence-corrected chi connectivity index (χ2v) is 6.59. The highest BCUT2D eigenvalue weighted by Crippen LogP contribution is 2.34. The predicted molar refractivity (Wildman–Crippen MR) is 90.8 cm³/mol. The molecular weight excluding hydrogens is 304 g/mol. The van der Waals surface area contributed by atoms with Gasteiger partial charge in [0.2, 0.25) is 0 Å². The number of hydrogen-bond acceptors (Lipinski definition) is 6. The van der Waals surface area contributed by atoms with Crippen molar-refractivity contribution in [2.75, 3.05) is 37.7 Å². The Morgan fingerprint density at radius 1 is 1.21 bits per heavy atom. The van der Waals surface area contributed by atoms with E-state index >= 15 is 0 Å². The number of nitrogens with zero attached hydrogens (tertiary/aromatic N) is 6. The maximum absolute atomic E-state index is 5.45. The Bertz CT molecular complexity index is 709. The molecule has 0 bridgehead atoms. The van der Waals surface area contributed by atoms with Gasteiger partial charge in [-0.15, -0.1) is 0 Å². The zero-order chi connectivity index (χ0) is 16.5. The summed E-state index contributed by atoms with van der Waals surface area (Å²) in [7, 11) is 1.96. The largest absolute Gasteiger partial charge is 0.378 e. The molecule has 4 heterocycles. The summed E-state index contributed by atoms with van der Waals surface area (Å²) >= 11 is 0. The molecule has 2 aliphatic rings. The number of likely N-dealkylation sites (tertiary alicyclic amines) is 1. The van der Waals surface area contributed by atoms with Gasteiger partial charge >= 0.3 is 0 Å². The number of anilines is 1. The lowest BCUT2D eigenvalue weighted by atomic mass is 9.98. The molecule has 2 saturated heterocycles. The Kier molecular flexibility index (Phi) is 4.20. The Morgan fingerprint density at radius 3 is 2.71 bits per heavy atom. The van der Waals surface area contributed by atoms with E-state index in [1.807, 2.05) is 24.9 Å². The summed E-state index contributed by atoms with van der Waals surface area (Å²) in [5.74, 6) is 1.89. The fraction of sp³-hybridized carbons (Fsp3) is 0.588. The standard InChI is InChI=1S/C17H24N6O/c1-13-19-15(9-17(20-13)22-5-7-24-8-6-22)16-3-4-23(16)12-14-10-18-21(2)11-14/h9-11,16H,3-8,12H2,1-2H3. The first-order chi connectivity index (χ1) is 11.7. The highest BCUT2D eigenvalue weighted by atomic mass is 16.5. The van der Waals surface area contributed by atoms with Crippen LogP contribution in [0, 0.1) is 6.92 Å². The van der Waals surface area contributed by atoms with E-state index in [2.05, 4.69) is 32.1 Å². The average molecular weight is 328 g/mol.